The first-order chi connectivity index (χ1) is 13.0. The van der Waals surface area contributed by atoms with Gasteiger partial charge in [-0.05, 0) is 31.5 Å². The number of carbonyl (C=O) groups is 1. The van der Waals surface area contributed by atoms with E-state index < -0.39 is 6.04 Å². The van der Waals surface area contributed by atoms with Crippen LogP contribution in [0.5, 0.6) is 0 Å². The van der Waals surface area contributed by atoms with Gasteiger partial charge in [-0.3, -0.25) is 9.59 Å². The summed E-state index contributed by atoms with van der Waals surface area (Å²) in [5.74, 6) is -0.134. The number of carbonyl (C=O) groups excluding carboxylic acids is 1. The van der Waals surface area contributed by atoms with Gasteiger partial charge in [-0.15, -0.1) is 0 Å². The van der Waals surface area contributed by atoms with E-state index in [9.17, 15) is 9.59 Å². The number of hydrogen-bond acceptors (Lipinski definition) is 4. The fraction of sp³-hybridized carbons (Fsp3) is 0.273. The Hall–Kier alpha value is -2.92. The lowest BCUT2D eigenvalue weighted by Gasteiger charge is -2.24. The van der Waals surface area contributed by atoms with Crippen LogP contribution in [0.4, 0.5) is 0 Å². The van der Waals surface area contributed by atoms with Gasteiger partial charge in [0, 0.05) is 13.7 Å². The highest BCUT2D eigenvalue weighted by molar-refractivity contribution is 5.99. The Bertz CT molecular complexity index is 1080. The molecular formula is C22H21NO4. The van der Waals surface area contributed by atoms with E-state index in [1.165, 1.54) is 0 Å². The van der Waals surface area contributed by atoms with Gasteiger partial charge in [-0.2, -0.15) is 0 Å². The second-order valence-electron chi connectivity index (χ2n) is 6.98. The minimum atomic E-state index is -0.468. The molecule has 1 amide bonds. The maximum absolute atomic E-state index is 13.3. The summed E-state index contributed by atoms with van der Waals surface area (Å²) in [6.45, 7) is 4.70. The summed E-state index contributed by atoms with van der Waals surface area (Å²) in [6, 6.07) is 12.9. The average Bonchev–Trinajstić information content (AvgIpc) is 2.94. The molecule has 2 heterocycles. The van der Waals surface area contributed by atoms with Gasteiger partial charge >= 0.3 is 0 Å². The molecule has 1 aliphatic heterocycles. The average molecular weight is 363 g/mol. The van der Waals surface area contributed by atoms with Crippen molar-refractivity contribution in [2.24, 2.45) is 0 Å². The molecule has 0 N–H and O–H groups in total. The topological polar surface area (TPSA) is 59.8 Å². The summed E-state index contributed by atoms with van der Waals surface area (Å²) >= 11 is 0. The van der Waals surface area contributed by atoms with Crippen LogP contribution in [-0.2, 0) is 4.74 Å². The highest BCUT2D eigenvalue weighted by Gasteiger charge is 2.42. The molecule has 0 saturated heterocycles. The maximum Gasteiger partial charge on any atom is 0.290 e. The van der Waals surface area contributed by atoms with Crippen molar-refractivity contribution in [3.05, 3.63) is 80.7 Å². The second kappa shape index (κ2) is 6.67. The minimum Gasteiger partial charge on any atom is -0.450 e. The lowest BCUT2D eigenvalue weighted by Crippen LogP contribution is -2.32. The first kappa shape index (κ1) is 17.5. The molecule has 138 valence electrons. The molecule has 5 heteroatoms. The van der Waals surface area contributed by atoms with Crippen molar-refractivity contribution in [2.45, 2.75) is 19.9 Å². The molecule has 4 rings (SSSR count). The molecule has 5 nitrogen and oxygen atoms in total. The zero-order valence-electron chi connectivity index (χ0n) is 15.6. The Morgan fingerprint density at radius 2 is 1.74 bits per heavy atom. The van der Waals surface area contributed by atoms with E-state index in [1.807, 2.05) is 50.2 Å². The predicted molar refractivity (Wildman–Crippen MR) is 103 cm³/mol. The normalized spacial score (nSPS) is 16.2. The summed E-state index contributed by atoms with van der Waals surface area (Å²) in [6.07, 6.45) is 0. The van der Waals surface area contributed by atoms with E-state index in [4.69, 9.17) is 9.15 Å². The van der Waals surface area contributed by atoms with Crippen LogP contribution in [0.15, 0.2) is 51.7 Å². The second-order valence-corrected chi connectivity index (χ2v) is 6.98. The highest BCUT2D eigenvalue weighted by Crippen LogP contribution is 2.38. The van der Waals surface area contributed by atoms with Gasteiger partial charge in [0.1, 0.15) is 5.58 Å². The van der Waals surface area contributed by atoms with Crippen molar-refractivity contribution in [1.29, 1.82) is 0 Å². The predicted octanol–water partition coefficient (Wildman–Crippen LogP) is 3.60. The van der Waals surface area contributed by atoms with Gasteiger partial charge in [-0.1, -0.05) is 41.5 Å². The summed E-state index contributed by atoms with van der Waals surface area (Å²) < 4.78 is 11.1. The van der Waals surface area contributed by atoms with Crippen molar-refractivity contribution < 1.29 is 13.9 Å². The Labute approximate surface area is 157 Å². The van der Waals surface area contributed by atoms with Crippen LogP contribution in [0, 0.1) is 13.8 Å². The third-order valence-electron chi connectivity index (χ3n) is 5.05. The molecule has 0 saturated carbocycles. The van der Waals surface area contributed by atoms with Crippen molar-refractivity contribution in [1.82, 2.24) is 4.90 Å². The SMILES string of the molecule is COCCN1C(=O)c2oc3ccc(C)cc3c(=O)c2C1c1ccc(C)cc1. The van der Waals surface area contributed by atoms with Crippen molar-refractivity contribution >= 4 is 16.9 Å². The molecule has 0 bridgehead atoms. The van der Waals surface area contributed by atoms with Crippen molar-refractivity contribution in [3.63, 3.8) is 0 Å². The molecule has 0 aliphatic carbocycles. The highest BCUT2D eigenvalue weighted by atomic mass is 16.5. The van der Waals surface area contributed by atoms with Gasteiger partial charge in [-0.25, -0.2) is 0 Å². The lowest BCUT2D eigenvalue weighted by molar-refractivity contribution is 0.0663. The molecule has 2 aromatic carbocycles. The number of benzene rings is 2. The maximum atomic E-state index is 13.3. The van der Waals surface area contributed by atoms with Crippen LogP contribution >= 0.6 is 0 Å². The molecule has 1 atom stereocenters. The number of fused-ring (bicyclic) bond motifs is 2. The quantitative estimate of drug-likeness (QED) is 0.711. The molecule has 3 aromatic rings. The molecule has 1 aromatic heterocycles. The molecule has 1 aliphatic rings. The van der Waals surface area contributed by atoms with Crippen LogP contribution in [0.3, 0.4) is 0 Å². The zero-order valence-corrected chi connectivity index (χ0v) is 15.6. The Morgan fingerprint density at radius 1 is 1.04 bits per heavy atom. The van der Waals surface area contributed by atoms with E-state index in [1.54, 1.807) is 18.1 Å². The van der Waals surface area contributed by atoms with Gasteiger partial charge in [0.05, 0.1) is 23.6 Å². The molecule has 27 heavy (non-hydrogen) atoms. The number of rotatable bonds is 4. The van der Waals surface area contributed by atoms with Crippen LogP contribution in [0.2, 0.25) is 0 Å². The fourth-order valence-corrected chi connectivity index (χ4v) is 3.65. The Kier molecular flexibility index (Phi) is 4.32. The molecule has 0 fully saturated rings. The standard InChI is InChI=1S/C22H21NO4/c1-13-4-7-15(8-5-13)19-18-20(24)16-12-14(2)6-9-17(16)27-21(18)22(25)23(19)10-11-26-3/h4-9,12,19H,10-11H2,1-3H3. The summed E-state index contributed by atoms with van der Waals surface area (Å²) in [5.41, 5.74) is 3.69. The largest absolute Gasteiger partial charge is 0.450 e. The van der Waals surface area contributed by atoms with Gasteiger partial charge in [0.2, 0.25) is 5.76 Å². The first-order valence-electron chi connectivity index (χ1n) is 8.95. The third kappa shape index (κ3) is 2.84. The lowest BCUT2D eigenvalue weighted by atomic mass is 9.97. The van der Waals surface area contributed by atoms with Crippen LogP contribution in [0.1, 0.15) is 38.9 Å². The molecular weight excluding hydrogens is 342 g/mol. The van der Waals surface area contributed by atoms with E-state index in [0.717, 1.165) is 16.7 Å². The smallest absolute Gasteiger partial charge is 0.290 e. The fourth-order valence-electron chi connectivity index (χ4n) is 3.65. The van der Waals surface area contributed by atoms with E-state index in [2.05, 4.69) is 0 Å². The molecule has 1 unspecified atom stereocenters. The van der Waals surface area contributed by atoms with Gasteiger partial charge in [0.25, 0.3) is 5.91 Å². The Balaban J connectivity index is 1.97. The molecule has 0 spiro atoms. The first-order valence-corrected chi connectivity index (χ1v) is 8.95. The number of hydrogen-bond donors (Lipinski definition) is 0. The van der Waals surface area contributed by atoms with Crippen LogP contribution < -0.4 is 5.43 Å². The minimum absolute atomic E-state index is 0.137. The third-order valence-corrected chi connectivity index (χ3v) is 5.05. The number of methoxy groups -OCH3 is 1. The van der Waals surface area contributed by atoms with E-state index >= 15 is 0 Å². The van der Waals surface area contributed by atoms with Gasteiger partial charge < -0.3 is 14.1 Å². The number of aryl methyl sites for hydroxylation is 2. The van der Waals surface area contributed by atoms with Crippen molar-refractivity contribution in [3.8, 4) is 0 Å². The number of ether oxygens (including phenoxy) is 1. The van der Waals surface area contributed by atoms with E-state index in [-0.39, 0.29) is 17.1 Å². The molecule has 0 radical (unpaired) electrons. The zero-order chi connectivity index (χ0) is 19.1. The van der Waals surface area contributed by atoms with Crippen LogP contribution in [-0.4, -0.2) is 31.1 Å². The monoisotopic (exact) mass is 363 g/mol. The van der Waals surface area contributed by atoms with E-state index in [0.29, 0.717) is 29.7 Å². The van der Waals surface area contributed by atoms with Gasteiger partial charge in [0.15, 0.2) is 5.43 Å². The van der Waals surface area contributed by atoms with Crippen molar-refractivity contribution in [2.75, 3.05) is 20.3 Å². The van der Waals surface area contributed by atoms with Crippen LogP contribution in [0.25, 0.3) is 11.0 Å². The summed E-state index contributed by atoms with van der Waals surface area (Å²) in [4.78, 5) is 28.0. The summed E-state index contributed by atoms with van der Waals surface area (Å²) in [7, 11) is 1.59. The summed E-state index contributed by atoms with van der Waals surface area (Å²) in [5, 5.41) is 0.507. The number of nitrogens with zero attached hydrogens (tertiary/aromatic N) is 1. The Morgan fingerprint density at radius 3 is 2.44 bits per heavy atom. The number of amides is 1.